The second kappa shape index (κ2) is 10.1. The van der Waals surface area contributed by atoms with Crippen molar-refractivity contribution < 1.29 is 50.0 Å². The van der Waals surface area contributed by atoms with E-state index in [2.05, 4.69) is 9.50 Å². The van der Waals surface area contributed by atoms with E-state index in [0.29, 0.717) is 12.6 Å². The number of nitrogens with one attached hydrogen (secondary N) is 1. The van der Waals surface area contributed by atoms with Crippen LogP contribution in [0.15, 0.2) is 36.4 Å². The fourth-order valence-corrected chi connectivity index (χ4v) is 3.21. The fourth-order valence-electron chi connectivity index (χ4n) is 2.76. The number of halogens is 3. The van der Waals surface area contributed by atoms with Crippen molar-refractivity contribution in [3.05, 3.63) is 53.1 Å². The van der Waals surface area contributed by atoms with Crippen molar-refractivity contribution in [1.29, 1.82) is 0 Å². The Hall–Kier alpha value is -3.61. The van der Waals surface area contributed by atoms with Gasteiger partial charge in [0, 0.05) is 12.1 Å². The first-order valence-electron chi connectivity index (χ1n) is 9.57. The smallest absolute Gasteiger partial charge is 0.478 e. The lowest BCUT2D eigenvalue weighted by atomic mass is 9.93. The van der Waals surface area contributed by atoms with E-state index in [-0.39, 0.29) is 28.2 Å². The number of esters is 1. The fraction of sp³-hybridized carbons (Fsp3) is 0.286. The lowest BCUT2D eigenvalue weighted by Crippen LogP contribution is -2.28. The minimum atomic E-state index is -6.03. The van der Waals surface area contributed by atoms with Crippen molar-refractivity contribution in [1.82, 2.24) is 5.32 Å². The number of rotatable bonds is 8. The molecular weight excluding hydrogens is 483 g/mol. The van der Waals surface area contributed by atoms with Gasteiger partial charge in [-0.25, -0.2) is 9.59 Å². The zero-order chi connectivity index (χ0) is 25.8. The third-order valence-electron chi connectivity index (χ3n) is 4.36. The number of carboxylic acids is 1. The Labute approximate surface area is 192 Å². The summed E-state index contributed by atoms with van der Waals surface area (Å²) in [5.74, 6) is -3.79. The van der Waals surface area contributed by atoms with E-state index >= 15 is 0 Å². The number of hydrogen-bond donors (Lipinski definition) is 2. The number of hydrogen-bond acceptors (Lipinski definition) is 7. The Bertz CT molecular complexity index is 1220. The predicted molar refractivity (Wildman–Crippen MR) is 113 cm³/mol. The molecule has 2 aromatic carbocycles. The topological polar surface area (TPSA) is 136 Å². The molecule has 0 bridgehead atoms. The number of amides is 1. The zero-order valence-corrected chi connectivity index (χ0v) is 18.9. The van der Waals surface area contributed by atoms with Crippen molar-refractivity contribution in [2.24, 2.45) is 5.92 Å². The molecule has 0 heterocycles. The maximum atomic E-state index is 12.6. The molecule has 0 aliphatic rings. The van der Waals surface area contributed by atoms with Crippen LogP contribution in [0.5, 0.6) is 5.75 Å². The van der Waals surface area contributed by atoms with Gasteiger partial charge < -0.3 is 19.3 Å². The quantitative estimate of drug-likeness (QED) is 0.318. The molecule has 0 saturated heterocycles. The molecule has 0 radical (unpaired) electrons. The Morgan fingerprint density at radius 2 is 1.62 bits per heavy atom. The van der Waals surface area contributed by atoms with Gasteiger partial charge in [0.2, 0.25) is 0 Å². The highest BCUT2D eigenvalue weighted by molar-refractivity contribution is 7.88. The van der Waals surface area contributed by atoms with Crippen molar-refractivity contribution in [2.45, 2.75) is 19.4 Å². The monoisotopic (exact) mass is 503 g/mol. The molecular formula is C21H20F3NO8S. The van der Waals surface area contributed by atoms with Crippen molar-refractivity contribution in [2.75, 3.05) is 13.7 Å². The minimum absolute atomic E-state index is 0.0186. The molecule has 34 heavy (non-hydrogen) atoms. The number of carbonyl (C=O) groups excluding carboxylic acids is 2. The van der Waals surface area contributed by atoms with Crippen LogP contribution in [0.1, 0.15) is 44.9 Å². The van der Waals surface area contributed by atoms with Crippen LogP contribution in [-0.2, 0) is 14.9 Å². The average molecular weight is 503 g/mol. The highest BCUT2D eigenvalue weighted by atomic mass is 32.2. The molecule has 2 rings (SSSR count). The van der Waals surface area contributed by atoms with Crippen LogP contribution in [-0.4, -0.2) is 50.5 Å². The highest BCUT2D eigenvalue weighted by Crippen LogP contribution is 2.33. The summed E-state index contributed by atoms with van der Waals surface area (Å²) < 4.78 is 69.0. The van der Waals surface area contributed by atoms with Gasteiger partial charge in [-0.3, -0.25) is 4.79 Å². The molecule has 0 aliphatic heterocycles. The van der Waals surface area contributed by atoms with Gasteiger partial charge in [-0.05, 0) is 47.4 Å². The van der Waals surface area contributed by atoms with Gasteiger partial charge in [-0.2, -0.15) is 21.6 Å². The van der Waals surface area contributed by atoms with E-state index in [4.69, 9.17) is 4.74 Å². The van der Waals surface area contributed by atoms with Crippen molar-refractivity contribution in [3.63, 3.8) is 0 Å². The average Bonchev–Trinajstić information content (AvgIpc) is 2.75. The maximum Gasteiger partial charge on any atom is 0.534 e. The molecule has 0 saturated carbocycles. The molecule has 13 heteroatoms. The minimum Gasteiger partial charge on any atom is -0.478 e. The molecule has 0 aliphatic carbocycles. The standard InChI is InChI=1S/C21H20F3NO8S/c1-11(2)10-25-18(26)12-4-6-15(17(8-12)20(29)32-3)14-7-5-13(9-16(14)19(27)28)33-34(30,31)21(22,23)24/h4-9,11H,10H2,1-3H3,(H,25,26)(H,27,28). The van der Waals surface area contributed by atoms with Crippen LogP contribution in [0, 0.1) is 5.92 Å². The van der Waals surface area contributed by atoms with Gasteiger partial charge >= 0.3 is 27.6 Å². The number of aromatic carboxylic acids is 1. The second-order valence-corrected chi connectivity index (χ2v) is 8.89. The Morgan fingerprint density at radius 3 is 2.15 bits per heavy atom. The molecule has 0 fully saturated rings. The van der Waals surface area contributed by atoms with Crippen LogP contribution in [0.3, 0.4) is 0 Å². The highest BCUT2D eigenvalue weighted by Gasteiger charge is 2.48. The van der Waals surface area contributed by atoms with Gasteiger partial charge in [0.05, 0.1) is 18.2 Å². The van der Waals surface area contributed by atoms with Crippen molar-refractivity contribution >= 4 is 28.0 Å². The largest absolute Gasteiger partial charge is 0.534 e. The summed E-state index contributed by atoms with van der Waals surface area (Å²) in [7, 11) is -4.97. The third-order valence-corrected chi connectivity index (χ3v) is 5.34. The zero-order valence-electron chi connectivity index (χ0n) is 18.1. The van der Waals surface area contributed by atoms with Gasteiger partial charge in [0.25, 0.3) is 5.91 Å². The first-order chi connectivity index (χ1) is 15.7. The number of benzene rings is 2. The molecule has 2 N–H and O–H groups in total. The summed E-state index contributed by atoms with van der Waals surface area (Å²) >= 11 is 0. The lowest BCUT2D eigenvalue weighted by Gasteiger charge is -2.15. The number of alkyl halides is 3. The summed E-state index contributed by atoms with van der Waals surface area (Å²) in [4.78, 5) is 36.5. The molecule has 0 atom stereocenters. The maximum absolute atomic E-state index is 12.6. The Kier molecular flexibility index (Phi) is 7.93. The van der Waals surface area contributed by atoms with E-state index < -0.39 is 44.8 Å². The van der Waals surface area contributed by atoms with E-state index in [9.17, 15) is 41.1 Å². The van der Waals surface area contributed by atoms with Gasteiger partial charge in [-0.1, -0.05) is 19.9 Å². The van der Waals surface area contributed by atoms with Crippen LogP contribution >= 0.6 is 0 Å². The van der Waals surface area contributed by atoms with E-state index in [1.807, 2.05) is 13.8 Å². The molecule has 9 nitrogen and oxygen atoms in total. The molecule has 1 amide bonds. The Balaban J connectivity index is 2.59. The van der Waals surface area contributed by atoms with Crippen LogP contribution in [0.4, 0.5) is 13.2 Å². The van der Waals surface area contributed by atoms with Crippen LogP contribution in [0.25, 0.3) is 11.1 Å². The molecule has 184 valence electrons. The predicted octanol–water partition coefficient (Wildman–Crippen LogP) is 3.45. The van der Waals surface area contributed by atoms with Crippen molar-refractivity contribution in [3.8, 4) is 16.9 Å². The van der Waals surface area contributed by atoms with Crippen LogP contribution < -0.4 is 9.50 Å². The lowest BCUT2D eigenvalue weighted by molar-refractivity contribution is -0.0500. The van der Waals surface area contributed by atoms with Gasteiger partial charge in [0.1, 0.15) is 5.75 Å². The summed E-state index contributed by atoms with van der Waals surface area (Å²) in [5.41, 5.74) is -6.67. The van der Waals surface area contributed by atoms with E-state index in [0.717, 1.165) is 19.2 Å². The molecule has 0 unspecified atom stereocenters. The summed E-state index contributed by atoms with van der Waals surface area (Å²) in [6.45, 7) is 4.12. The summed E-state index contributed by atoms with van der Waals surface area (Å²) in [5, 5.41) is 12.2. The number of carbonyl (C=O) groups is 3. The summed E-state index contributed by atoms with van der Waals surface area (Å²) in [6.07, 6.45) is 0. The van der Waals surface area contributed by atoms with Gasteiger partial charge in [-0.15, -0.1) is 0 Å². The van der Waals surface area contributed by atoms with E-state index in [1.54, 1.807) is 0 Å². The first kappa shape index (κ1) is 26.6. The second-order valence-electron chi connectivity index (χ2n) is 7.35. The number of ether oxygens (including phenoxy) is 1. The molecule has 2 aromatic rings. The SMILES string of the molecule is COC(=O)c1cc(C(=O)NCC(C)C)ccc1-c1ccc(OS(=O)(=O)C(F)(F)F)cc1C(=O)O. The number of methoxy groups -OCH3 is 1. The molecule has 0 spiro atoms. The first-order valence-corrected chi connectivity index (χ1v) is 11.0. The Morgan fingerprint density at radius 1 is 1.03 bits per heavy atom. The molecule has 0 aromatic heterocycles. The normalized spacial score (nSPS) is 11.7. The number of carboxylic acid groups (broad SMARTS) is 1. The van der Waals surface area contributed by atoms with E-state index in [1.165, 1.54) is 18.2 Å². The van der Waals surface area contributed by atoms with Gasteiger partial charge in [0.15, 0.2) is 0 Å². The third kappa shape index (κ3) is 6.04. The summed E-state index contributed by atoms with van der Waals surface area (Å²) in [6, 6.07) is 6.12. The van der Waals surface area contributed by atoms with Crippen LogP contribution in [0.2, 0.25) is 0 Å².